The molecule has 0 aliphatic carbocycles. The largest absolute Gasteiger partial charge is 0.465 e. The maximum absolute atomic E-state index is 12.6. The van der Waals surface area contributed by atoms with Crippen LogP contribution in [0.15, 0.2) is 54.6 Å². The number of anilines is 1. The second kappa shape index (κ2) is 8.13. The molecule has 23 heavy (non-hydrogen) atoms. The van der Waals surface area contributed by atoms with Crippen LogP contribution in [0.25, 0.3) is 0 Å². The minimum atomic E-state index is -0.393. The van der Waals surface area contributed by atoms with Gasteiger partial charge >= 0.3 is 5.97 Å². The van der Waals surface area contributed by atoms with Crippen LogP contribution in [0.2, 0.25) is 0 Å². The molecule has 0 radical (unpaired) electrons. The number of rotatable bonds is 6. The molecule has 2 aromatic rings. The van der Waals surface area contributed by atoms with E-state index in [1.165, 1.54) is 7.11 Å². The standard InChI is InChI=1S/C19H21NO3/c1-3-7-17(14-8-5-4-6-9-14)18(21)20-16-12-10-15(11-13-16)19(22)23-2/h4-6,8-13,17H,3,7H2,1-2H3,(H,20,21). The lowest BCUT2D eigenvalue weighted by Gasteiger charge is -2.16. The van der Waals surface area contributed by atoms with Gasteiger partial charge in [-0.3, -0.25) is 4.79 Å². The molecule has 4 heteroatoms. The number of hydrogen-bond donors (Lipinski definition) is 1. The Hall–Kier alpha value is -2.62. The Morgan fingerprint density at radius 2 is 1.70 bits per heavy atom. The fourth-order valence-electron chi connectivity index (χ4n) is 2.46. The molecule has 0 heterocycles. The van der Waals surface area contributed by atoms with Crippen molar-refractivity contribution >= 4 is 17.6 Å². The zero-order chi connectivity index (χ0) is 16.7. The molecule has 0 aromatic heterocycles. The summed E-state index contributed by atoms with van der Waals surface area (Å²) in [5.74, 6) is -0.610. The predicted octanol–water partition coefficient (Wildman–Crippen LogP) is 4.00. The number of methoxy groups -OCH3 is 1. The number of carbonyl (C=O) groups excluding carboxylic acids is 2. The Kier molecular flexibility index (Phi) is 5.92. The summed E-state index contributed by atoms with van der Waals surface area (Å²) in [6, 6.07) is 16.5. The summed E-state index contributed by atoms with van der Waals surface area (Å²) in [7, 11) is 1.34. The van der Waals surface area contributed by atoms with Gasteiger partial charge in [0.25, 0.3) is 0 Å². The Balaban J connectivity index is 2.11. The molecule has 0 saturated heterocycles. The lowest BCUT2D eigenvalue weighted by atomic mass is 9.93. The van der Waals surface area contributed by atoms with Crippen LogP contribution in [-0.4, -0.2) is 19.0 Å². The van der Waals surface area contributed by atoms with Crippen molar-refractivity contribution in [3.05, 3.63) is 65.7 Å². The molecular formula is C19H21NO3. The highest BCUT2D eigenvalue weighted by Crippen LogP contribution is 2.23. The highest BCUT2D eigenvalue weighted by molar-refractivity contribution is 5.96. The summed E-state index contributed by atoms with van der Waals surface area (Å²) in [5.41, 5.74) is 2.14. The number of ether oxygens (including phenoxy) is 1. The molecule has 120 valence electrons. The quantitative estimate of drug-likeness (QED) is 0.821. The Labute approximate surface area is 136 Å². The molecule has 2 aromatic carbocycles. The molecule has 0 aliphatic rings. The lowest BCUT2D eigenvalue weighted by Crippen LogP contribution is -2.21. The van der Waals surface area contributed by atoms with Gasteiger partial charge in [-0.2, -0.15) is 0 Å². The molecule has 0 saturated carbocycles. The van der Waals surface area contributed by atoms with Crippen LogP contribution in [0.4, 0.5) is 5.69 Å². The predicted molar refractivity (Wildman–Crippen MR) is 90.5 cm³/mol. The van der Waals surface area contributed by atoms with E-state index in [-0.39, 0.29) is 11.8 Å². The van der Waals surface area contributed by atoms with Gasteiger partial charge in [0.05, 0.1) is 18.6 Å². The molecule has 1 amide bonds. The van der Waals surface area contributed by atoms with Crippen LogP contribution in [0, 0.1) is 0 Å². The van der Waals surface area contributed by atoms with Crippen molar-refractivity contribution in [2.75, 3.05) is 12.4 Å². The molecule has 1 unspecified atom stereocenters. The van der Waals surface area contributed by atoms with Crippen molar-refractivity contribution in [3.63, 3.8) is 0 Å². The highest BCUT2D eigenvalue weighted by Gasteiger charge is 2.19. The summed E-state index contributed by atoms with van der Waals surface area (Å²) < 4.78 is 4.66. The average Bonchev–Trinajstić information content (AvgIpc) is 2.60. The van der Waals surface area contributed by atoms with E-state index in [1.54, 1.807) is 24.3 Å². The van der Waals surface area contributed by atoms with Crippen LogP contribution in [0.1, 0.15) is 41.6 Å². The first kappa shape index (κ1) is 16.7. The maximum atomic E-state index is 12.6. The summed E-state index contributed by atoms with van der Waals surface area (Å²) in [6.07, 6.45) is 1.71. The third-order valence-electron chi connectivity index (χ3n) is 3.67. The van der Waals surface area contributed by atoms with E-state index >= 15 is 0 Å². The molecule has 0 fully saturated rings. The number of carbonyl (C=O) groups is 2. The van der Waals surface area contributed by atoms with E-state index in [0.717, 1.165) is 18.4 Å². The van der Waals surface area contributed by atoms with Crippen molar-refractivity contribution in [1.29, 1.82) is 0 Å². The number of benzene rings is 2. The average molecular weight is 311 g/mol. The second-order valence-corrected chi connectivity index (χ2v) is 5.31. The van der Waals surface area contributed by atoms with Crippen molar-refractivity contribution in [1.82, 2.24) is 0 Å². The fourth-order valence-corrected chi connectivity index (χ4v) is 2.46. The van der Waals surface area contributed by atoms with Gasteiger partial charge in [0.15, 0.2) is 0 Å². The molecule has 1 atom stereocenters. The summed E-state index contributed by atoms with van der Waals surface area (Å²) >= 11 is 0. The van der Waals surface area contributed by atoms with Gasteiger partial charge in [0.1, 0.15) is 0 Å². The van der Waals surface area contributed by atoms with Gasteiger partial charge < -0.3 is 10.1 Å². The SMILES string of the molecule is CCCC(C(=O)Nc1ccc(C(=O)OC)cc1)c1ccccc1. The van der Waals surface area contributed by atoms with E-state index in [2.05, 4.69) is 17.0 Å². The van der Waals surface area contributed by atoms with E-state index in [1.807, 2.05) is 30.3 Å². The summed E-state index contributed by atoms with van der Waals surface area (Å²) in [6.45, 7) is 2.06. The zero-order valence-corrected chi connectivity index (χ0v) is 13.4. The number of esters is 1. The van der Waals surface area contributed by atoms with E-state index < -0.39 is 5.97 Å². The monoisotopic (exact) mass is 311 g/mol. The molecule has 1 N–H and O–H groups in total. The minimum Gasteiger partial charge on any atom is -0.465 e. The van der Waals surface area contributed by atoms with Gasteiger partial charge in [-0.1, -0.05) is 43.7 Å². The number of amides is 1. The Morgan fingerprint density at radius 1 is 1.04 bits per heavy atom. The van der Waals surface area contributed by atoms with Crippen LogP contribution in [0.3, 0.4) is 0 Å². The maximum Gasteiger partial charge on any atom is 0.337 e. The van der Waals surface area contributed by atoms with Crippen LogP contribution < -0.4 is 5.32 Å². The van der Waals surface area contributed by atoms with Crippen molar-refractivity contribution in [2.45, 2.75) is 25.7 Å². The van der Waals surface area contributed by atoms with Gasteiger partial charge in [0, 0.05) is 5.69 Å². The van der Waals surface area contributed by atoms with E-state index in [4.69, 9.17) is 0 Å². The summed E-state index contributed by atoms with van der Waals surface area (Å²) in [5, 5.41) is 2.92. The normalized spacial score (nSPS) is 11.6. The number of hydrogen-bond acceptors (Lipinski definition) is 3. The zero-order valence-electron chi connectivity index (χ0n) is 13.4. The highest BCUT2D eigenvalue weighted by atomic mass is 16.5. The fraction of sp³-hybridized carbons (Fsp3) is 0.263. The smallest absolute Gasteiger partial charge is 0.337 e. The Bertz CT molecular complexity index is 650. The molecule has 0 spiro atoms. The van der Waals surface area contributed by atoms with Gasteiger partial charge in [-0.15, -0.1) is 0 Å². The van der Waals surface area contributed by atoms with Crippen molar-refractivity contribution in [3.8, 4) is 0 Å². The molecule has 0 bridgehead atoms. The third-order valence-corrected chi connectivity index (χ3v) is 3.67. The van der Waals surface area contributed by atoms with Crippen LogP contribution in [-0.2, 0) is 9.53 Å². The first-order chi connectivity index (χ1) is 11.2. The van der Waals surface area contributed by atoms with Crippen molar-refractivity contribution < 1.29 is 14.3 Å². The topological polar surface area (TPSA) is 55.4 Å². The molecule has 4 nitrogen and oxygen atoms in total. The first-order valence-corrected chi connectivity index (χ1v) is 7.70. The molecule has 2 rings (SSSR count). The van der Waals surface area contributed by atoms with Gasteiger partial charge in [0.2, 0.25) is 5.91 Å². The molecular weight excluding hydrogens is 290 g/mol. The Morgan fingerprint density at radius 3 is 2.26 bits per heavy atom. The van der Waals surface area contributed by atoms with Crippen LogP contribution in [0.5, 0.6) is 0 Å². The van der Waals surface area contributed by atoms with E-state index in [0.29, 0.717) is 11.3 Å². The number of nitrogens with one attached hydrogen (secondary N) is 1. The van der Waals surface area contributed by atoms with E-state index in [9.17, 15) is 9.59 Å². The van der Waals surface area contributed by atoms with Crippen LogP contribution >= 0.6 is 0 Å². The first-order valence-electron chi connectivity index (χ1n) is 7.70. The third kappa shape index (κ3) is 4.42. The molecule has 0 aliphatic heterocycles. The lowest BCUT2D eigenvalue weighted by molar-refractivity contribution is -0.117. The second-order valence-electron chi connectivity index (χ2n) is 5.31. The van der Waals surface area contributed by atoms with Gasteiger partial charge in [-0.25, -0.2) is 4.79 Å². The summed E-state index contributed by atoms with van der Waals surface area (Å²) in [4.78, 5) is 24.0. The van der Waals surface area contributed by atoms with Gasteiger partial charge in [-0.05, 0) is 36.2 Å². The van der Waals surface area contributed by atoms with Crippen molar-refractivity contribution in [2.24, 2.45) is 0 Å². The minimum absolute atomic E-state index is 0.0381.